The van der Waals surface area contributed by atoms with E-state index in [-0.39, 0.29) is 18.9 Å². The highest BCUT2D eigenvalue weighted by Crippen LogP contribution is 2.34. The van der Waals surface area contributed by atoms with E-state index >= 15 is 0 Å². The third-order valence-electron chi connectivity index (χ3n) is 23.3. The van der Waals surface area contributed by atoms with Crippen LogP contribution in [0, 0.1) is 0 Å². The minimum atomic E-state index is -1.98. The maximum Gasteiger partial charge on any atom is 0.220 e. The number of ether oxygens (including phenoxy) is 6. The molecule has 17 unspecified atom stereocenters. The first-order valence-corrected chi connectivity index (χ1v) is 47.0. The zero-order valence-electron chi connectivity index (χ0n) is 71.6. The van der Waals surface area contributed by atoms with Gasteiger partial charge in [0.2, 0.25) is 5.91 Å². The van der Waals surface area contributed by atoms with Crippen molar-refractivity contribution in [2.75, 3.05) is 26.4 Å². The summed E-state index contributed by atoms with van der Waals surface area (Å²) in [6.45, 7) is 1.76. The lowest BCUT2D eigenvalue weighted by Crippen LogP contribution is -2.66. The van der Waals surface area contributed by atoms with Gasteiger partial charge in [-0.25, -0.2) is 0 Å². The Labute approximate surface area is 687 Å². The van der Waals surface area contributed by atoms with Crippen LogP contribution in [-0.4, -0.2) is 193 Å². The standard InChI is InChI=1S/C94H173NO18/c1-3-5-7-9-11-13-15-17-19-21-23-25-27-29-31-33-35-36-37-38-39-40-42-44-46-48-50-52-54-56-58-60-62-64-66-68-70-72-82(100)95-77(78(99)71-69-67-65-63-61-59-57-55-53-51-49-47-45-43-41-34-32-30-28-26-24-22-20-18-16-14-12-10-8-6-4-2)76-108-92-88(106)85(103)90(80(74-97)110-92)113-94-89(107)86(104)91(81(75-98)111-94)112-93-87(105)84(102)83(101)79(73-96)109-93/h15,17,21,23,53,55,61,63,69,71,77-81,83-94,96-99,101-107H,3-14,16,18-20,22,24-52,54,56-60,62,64-68,70,72-76H2,1-2H3,(H,95,100)/b17-15-,23-21-,55-53+,63-61+,71-69+. The fourth-order valence-electron chi connectivity index (χ4n) is 15.8. The number of hydrogen-bond acceptors (Lipinski definition) is 18. The van der Waals surface area contributed by atoms with Crippen molar-refractivity contribution in [3.8, 4) is 0 Å². The quantitative estimate of drug-likeness (QED) is 0.0199. The molecule has 0 aliphatic carbocycles. The van der Waals surface area contributed by atoms with Crippen LogP contribution in [0.1, 0.15) is 399 Å². The molecule has 19 nitrogen and oxygen atoms in total. The van der Waals surface area contributed by atoms with Gasteiger partial charge in [0.05, 0.1) is 38.6 Å². The van der Waals surface area contributed by atoms with Crippen LogP contribution < -0.4 is 5.32 Å². The Morgan fingerprint density at radius 3 is 0.938 bits per heavy atom. The summed E-state index contributed by atoms with van der Waals surface area (Å²) in [4.78, 5) is 13.5. The predicted molar refractivity (Wildman–Crippen MR) is 457 cm³/mol. The summed E-state index contributed by atoms with van der Waals surface area (Å²) in [5.74, 6) is -0.282. The van der Waals surface area contributed by atoms with Crippen LogP contribution in [0.5, 0.6) is 0 Å². The van der Waals surface area contributed by atoms with Gasteiger partial charge in [-0.05, 0) is 77.0 Å². The molecule has 113 heavy (non-hydrogen) atoms. The topological polar surface area (TPSA) is 307 Å². The maximum atomic E-state index is 13.5. The highest BCUT2D eigenvalue weighted by atomic mass is 16.8. The number of carbonyl (C=O) groups is 1. The molecule has 0 aromatic heterocycles. The van der Waals surface area contributed by atoms with Gasteiger partial charge in [-0.3, -0.25) is 4.79 Å². The van der Waals surface area contributed by atoms with E-state index in [1.807, 2.05) is 6.08 Å². The summed E-state index contributed by atoms with van der Waals surface area (Å²) in [6.07, 6.45) is 71.1. The van der Waals surface area contributed by atoms with Gasteiger partial charge in [0.1, 0.15) is 73.2 Å². The number of hydrogen-bond donors (Lipinski definition) is 12. The average molecular weight is 1610 g/mol. The van der Waals surface area contributed by atoms with Gasteiger partial charge in [-0.1, -0.05) is 376 Å². The molecule has 0 aromatic rings. The maximum absolute atomic E-state index is 13.5. The number of aliphatic hydroxyl groups excluding tert-OH is 11. The molecule has 3 heterocycles. The van der Waals surface area contributed by atoms with E-state index in [0.717, 1.165) is 51.4 Å². The molecular weight excluding hydrogens is 1430 g/mol. The third-order valence-corrected chi connectivity index (χ3v) is 23.3. The lowest BCUT2D eigenvalue weighted by atomic mass is 9.96. The van der Waals surface area contributed by atoms with Gasteiger partial charge in [-0.15, -0.1) is 0 Å². The zero-order chi connectivity index (χ0) is 81.7. The second-order valence-electron chi connectivity index (χ2n) is 33.5. The van der Waals surface area contributed by atoms with Crippen molar-refractivity contribution >= 4 is 5.91 Å². The minimum absolute atomic E-state index is 0.235. The lowest BCUT2D eigenvalue weighted by molar-refractivity contribution is -0.379. The number of aliphatic hydroxyl groups is 11. The number of nitrogens with one attached hydrogen (secondary N) is 1. The first kappa shape index (κ1) is 105. The Morgan fingerprint density at radius 2 is 0.593 bits per heavy atom. The van der Waals surface area contributed by atoms with Crippen LogP contribution in [0.15, 0.2) is 60.8 Å². The predicted octanol–water partition coefficient (Wildman–Crippen LogP) is 18.5. The van der Waals surface area contributed by atoms with Crippen LogP contribution in [0.25, 0.3) is 0 Å². The summed E-state index contributed by atoms with van der Waals surface area (Å²) < 4.78 is 34.5. The average Bonchev–Trinajstić information content (AvgIpc) is 0.779. The monoisotopic (exact) mass is 1600 g/mol. The summed E-state index contributed by atoms with van der Waals surface area (Å²) in [6, 6.07) is -0.999. The molecule has 0 aromatic carbocycles. The highest BCUT2D eigenvalue weighted by molar-refractivity contribution is 5.76. The van der Waals surface area contributed by atoms with Gasteiger partial charge in [0, 0.05) is 6.42 Å². The summed E-state index contributed by atoms with van der Waals surface area (Å²) in [5, 5.41) is 121. The first-order chi connectivity index (χ1) is 55.3. The van der Waals surface area contributed by atoms with Crippen LogP contribution >= 0.6 is 0 Å². The van der Waals surface area contributed by atoms with Gasteiger partial charge in [-0.2, -0.15) is 0 Å². The molecule has 3 saturated heterocycles. The van der Waals surface area contributed by atoms with Crippen molar-refractivity contribution in [2.24, 2.45) is 0 Å². The van der Waals surface area contributed by atoms with E-state index in [1.165, 1.54) is 315 Å². The molecule has 0 bridgehead atoms. The Kier molecular flexibility index (Phi) is 68.0. The Morgan fingerprint density at radius 1 is 0.319 bits per heavy atom. The highest BCUT2D eigenvalue weighted by Gasteiger charge is 2.54. The molecule has 0 radical (unpaired) electrons. The molecule has 12 N–H and O–H groups in total. The summed E-state index contributed by atoms with van der Waals surface area (Å²) in [7, 11) is 0. The minimum Gasteiger partial charge on any atom is -0.394 e. The van der Waals surface area contributed by atoms with E-state index in [2.05, 4.69) is 67.8 Å². The van der Waals surface area contributed by atoms with Gasteiger partial charge < -0.3 is 89.9 Å². The number of rotatable bonds is 77. The van der Waals surface area contributed by atoms with E-state index in [9.17, 15) is 61.0 Å². The molecular formula is C94H173NO18. The molecule has 0 saturated carbocycles. The number of allylic oxidation sites excluding steroid dienone is 9. The summed E-state index contributed by atoms with van der Waals surface area (Å²) in [5.41, 5.74) is 0. The van der Waals surface area contributed by atoms with Crippen molar-refractivity contribution in [1.29, 1.82) is 0 Å². The molecule has 3 fully saturated rings. The van der Waals surface area contributed by atoms with E-state index < -0.39 is 124 Å². The number of carbonyl (C=O) groups excluding carboxylic acids is 1. The first-order valence-electron chi connectivity index (χ1n) is 47.0. The SMILES string of the molecule is CCCCCCC/C=C\C/C=C\CCCCCCCCCCCCCCCCCCCCCCCCCCCC(=O)NC(COC1OC(CO)C(OC2OC(CO)C(OC3OC(CO)C(O)C(O)C3O)C(O)C2O)C(O)C1O)C(O)/C=C/CC/C=C/CC/C=C/CCCCCCCCCCCCCCCCCCCCCCC. The smallest absolute Gasteiger partial charge is 0.220 e. The molecule has 662 valence electrons. The van der Waals surface area contributed by atoms with Gasteiger partial charge in [0.15, 0.2) is 18.9 Å². The van der Waals surface area contributed by atoms with E-state index in [0.29, 0.717) is 12.8 Å². The molecule has 0 spiro atoms. The Balaban J connectivity index is 1.32. The van der Waals surface area contributed by atoms with E-state index in [1.54, 1.807) is 6.08 Å². The molecule has 3 aliphatic heterocycles. The largest absolute Gasteiger partial charge is 0.394 e. The molecule has 17 atom stereocenters. The summed E-state index contributed by atoms with van der Waals surface area (Å²) >= 11 is 0. The molecule has 3 aliphatic rings. The van der Waals surface area contributed by atoms with Crippen LogP contribution in [0.3, 0.4) is 0 Å². The fourth-order valence-corrected chi connectivity index (χ4v) is 15.8. The van der Waals surface area contributed by atoms with Crippen molar-refractivity contribution in [3.05, 3.63) is 60.8 Å². The number of amides is 1. The third kappa shape index (κ3) is 51.7. The fraction of sp³-hybridized carbons (Fsp3) is 0.883. The second-order valence-corrected chi connectivity index (χ2v) is 33.5. The van der Waals surface area contributed by atoms with Crippen LogP contribution in [-0.2, 0) is 33.2 Å². The van der Waals surface area contributed by atoms with Crippen molar-refractivity contribution in [3.63, 3.8) is 0 Å². The van der Waals surface area contributed by atoms with Crippen molar-refractivity contribution in [1.82, 2.24) is 5.32 Å². The van der Waals surface area contributed by atoms with Crippen LogP contribution in [0.4, 0.5) is 0 Å². The zero-order valence-corrected chi connectivity index (χ0v) is 71.6. The number of unbranched alkanes of at least 4 members (excludes halogenated alkanes) is 53. The lowest BCUT2D eigenvalue weighted by Gasteiger charge is -2.48. The van der Waals surface area contributed by atoms with Crippen molar-refractivity contribution < 1.29 is 89.4 Å². The molecule has 19 heteroatoms. The molecule has 1 amide bonds. The second kappa shape index (κ2) is 73.4. The van der Waals surface area contributed by atoms with Gasteiger partial charge >= 0.3 is 0 Å². The Hall–Kier alpha value is -2.51. The molecule has 3 rings (SSSR count). The van der Waals surface area contributed by atoms with E-state index in [4.69, 9.17) is 28.4 Å². The van der Waals surface area contributed by atoms with Gasteiger partial charge in [0.25, 0.3) is 0 Å². The Bertz CT molecular complexity index is 2270. The normalized spacial score (nSPS) is 25.1. The van der Waals surface area contributed by atoms with Crippen LogP contribution in [0.2, 0.25) is 0 Å². The van der Waals surface area contributed by atoms with Crippen molar-refractivity contribution in [2.45, 2.75) is 503 Å².